The van der Waals surface area contributed by atoms with E-state index in [1.807, 2.05) is 16.7 Å². The van der Waals surface area contributed by atoms with Gasteiger partial charge in [0.25, 0.3) is 5.56 Å². The number of hydrogen-bond acceptors (Lipinski definition) is 3. The van der Waals surface area contributed by atoms with Gasteiger partial charge in [0.2, 0.25) is 0 Å². The van der Waals surface area contributed by atoms with Crippen molar-refractivity contribution in [3.63, 3.8) is 0 Å². The molecular weight excluding hydrogens is 434 g/mol. The average molecular weight is 462 g/mol. The van der Waals surface area contributed by atoms with Gasteiger partial charge in [0, 0.05) is 32.6 Å². The fourth-order valence-corrected chi connectivity index (χ4v) is 3.59. The predicted molar refractivity (Wildman–Crippen MR) is 110 cm³/mol. The van der Waals surface area contributed by atoms with Gasteiger partial charge in [-0.3, -0.25) is 13.9 Å². The molecule has 2 heterocycles. The molecular formula is C21H28BrN5O2. The molecule has 0 aliphatic rings. The summed E-state index contributed by atoms with van der Waals surface area (Å²) in [5, 5.41) is 0. The van der Waals surface area contributed by atoms with Gasteiger partial charge >= 0.3 is 5.69 Å². The molecule has 0 fully saturated rings. The first-order valence-corrected chi connectivity index (χ1v) is 9.54. The minimum Gasteiger partial charge on any atom is -1.00 e. The summed E-state index contributed by atoms with van der Waals surface area (Å²) in [5.41, 5.74) is 1.54. The lowest BCUT2D eigenvalue weighted by atomic mass is 10.1. The molecule has 0 radical (unpaired) electrons. The lowest BCUT2D eigenvalue weighted by Crippen LogP contribution is -3.14. The number of aryl methyl sites for hydroxylation is 2. The third kappa shape index (κ3) is 4.76. The lowest BCUT2D eigenvalue weighted by Gasteiger charge is -2.25. The first-order chi connectivity index (χ1) is 13.4. The minimum absolute atomic E-state index is 0. The molecule has 0 spiro atoms. The van der Waals surface area contributed by atoms with Crippen molar-refractivity contribution in [1.82, 2.24) is 18.7 Å². The summed E-state index contributed by atoms with van der Waals surface area (Å²) < 4.78 is 4.41. The number of quaternary nitrogens is 1. The molecule has 8 heteroatoms. The maximum absolute atomic E-state index is 12.6. The second-order valence-electron chi connectivity index (χ2n) is 7.32. The molecule has 2 atom stereocenters. The van der Waals surface area contributed by atoms with Crippen LogP contribution in [-0.2, 0) is 27.2 Å². The highest BCUT2D eigenvalue weighted by Crippen LogP contribution is 2.07. The molecule has 3 rings (SSSR count). The molecule has 1 N–H and O–H groups in total. The van der Waals surface area contributed by atoms with Crippen LogP contribution in [0.3, 0.4) is 0 Å². The zero-order chi connectivity index (χ0) is 20.3. The van der Waals surface area contributed by atoms with E-state index in [4.69, 9.17) is 0 Å². The fourth-order valence-electron chi connectivity index (χ4n) is 3.59. The van der Waals surface area contributed by atoms with E-state index in [1.54, 1.807) is 13.4 Å². The Balaban J connectivity index is 0.00000300. The predicted octanol–water partition coefficient (Wildman–Crippen LogP) is -2.51. The Labute approximate surface area is 180 Å². The molecule has 2 aromatic heterocycles. The van der Waals surface area contributed by atoms with Crippen LogP contribution in [0.25, 0.3) is 11.2 Å². The van der Waals surface area contributed by atoms with Gasteiger partial charge in [-0.15, -0.1) is 0 Å². The molecule has 0 saturated heterocycles. The van der Waals surface area contributed by atoms with Crippen LogP contribution in [0.4, 0.5) is 0 Å². The zero-order valence-electron chi connectivity index (χ0n) is 17.1. The Morgan fingerprint density at radius 2 is 1.86 bits per heavy atom. The van der Waals surface area contributed by atoms with Crippen LogP contribution < -0.4 is 33.1 Å². The van der Waals surface area contributed by atoms with Gasteiger partial charge in [-0.25, -0.2) is 9.78 Å². The summed E-state index contributed by atoms with van der Waals surface area (Å²) >= 11 is 0. The number of nitrogens with one attached hydrogen (secondary N) is 1. The number of rotatable bonds is 8. The van der Waals surface area contributed by atoms with E-state index in [2.05, 4.69) is 42.8 Å². The molecule has 0 saturated carbocycles. The number of imidazole rings is 1. The smallest absolute Gasteiger partial charge is 0.332 e. The average Bonchev–Trinajstić information content (AvgIpc) is 3.13. The van der Waals surface area contributed by atoms with Crippen molar-refractivity contribution >= 4 is 11.2 Å². The Morgan fingerprint density at radius 1 is 1.17 bits per heavy atom. The van der Waals surface area contributed by atoms with Gasteiger partial charge in [-0.05, 0) is 13.0 Å². The molecule has 0 aliphatic heterocycles. The number of nitrogens with zero attached hydrogens (tertiary/aromatic N) is 4. The zero-order valence-corrected chi connectivity index (χ0v) is 18.7. The third-order valence-corrected chi connectivity index (χ3v) is 5.40. The number of halogens is 1. The molecule has 2 unspecified atom stereocenters. The SMILES string of the molecule is C=CC[NH+](Cc1ccccc1)C(C)CCn1cnc2c1c(=O)n(C)c(=O)n2C.[Br-]. The van der Waals surface area contributed by atoms with Gasteiger partial charge in [-0.1, -0.05) is 36.9 Å². The highest BCUT2D eigenvalue weighted by molar-refractivity contribution is 5.69. The maximum Gasteiger partial charge on any atom is 0.332 e. The number of aromatic nitrogens is 4. The Bertz CT molecular complexity index is 1080. The van der Waals surface area contributed by atoms with Crippen LogP contribution in [-0.4, -0.2) is 31.3 Å². The van der Waals surface area contributed by atoms with E-state index < -0.39 is 0 Å². The molecule has 3 aromatic rings. The van der Waals surface area contributed by atoms with Crippen LogP contribution in [0.5, 0.6) is 0 Å². The second kappa shape index (κ2) is 9.84. The minimum atomic E-state index is -0.361. The molecule has 0 bridgehead atoms. The van der Waals surface area contributed by atoms with Crippen LogP contribution in [0.2, 0.25) is 0 Å². The third-order valence-electron chi connectivity index (χ3n) is 5.40. The lowest BCUT2D eigenvalue weighted by molar-refractivity contribution is -0.931. The maximum atomic E-state index is 12.6. The van der Waals surface area contributed by atoms with Crippen LogP contribution in [0, 0.1) is 0 Å². The largest absolute Gasteiger partial charge is 1.00 e. The highest BCUT2D eigenvalue weighted by atomic mass is 79.9. The molecule has 0 amide bonds. The molecule has 156 valence electrons. The van der Waals surface area contributed by atoms with Gasteiger partial charge in [0.15, 0.2) is 11.2 Å². The number of fused-ring (bicyclic) bond motifs is 1. The van der Waals surface area contributed by atoms with Gasteiger partial charge in [0.05, 0.1) is 18.9 Å². The fraction of sp³-hybridized carbons (Fsp3) is 0.381. The van der Waals surface area contributed by atoms with Crippen LogP contribution in [0.1, 0.15) is 18.9 Å². The van der Waals surface area contributed by atoms with Gasteiger partial charge in [0.1, 0.15) is 6.54 Å². The Morgan fingerprint density at radius 3 is 2.52 bits per heavy atom. The first-order valence-electron chi connectivity index (χ1n) is 9.54. The number of benzene rings is 1. The summed E-state index contributed by atoms with van der Waals surface area (Å²) in [7, 11) is 3.14. The van der Waals surface area contributed by atoms with Crippen LogP contribution >= 0.6 is 0 Å². The summed E-state index contributed by atoms with van der Waals surface area (Å²) in [4.78, 5) is 30.4. The normalized spacial score (nSPS) is 13.1. The Kier molecular flexibility index (Phi) is 7.75. The molecule has 1 aromatic carbocycles. The van der Waals surface area contributed by atoms with Crippen molar-refractivity contribution in [1.29, 1.82) is 0 Å². The van der Waals surface area contributed by atoms with Gasteiger partial charge in [-0.2, -0.15) is 0 Å². The van der Waals surface area contributed by atoms with E-state index in [0.29, 0.717) is 23.8 Å². The quantitative estimate of drug-likeness (QED) is 0.376. The monoisotopic (exact) mass is 461 g/mol. The van der Waals surface area contributed by atoms with Crippen molar-refractivity contribution in [2.75, 3.05) is 6.54 Å². The summed E-state index contributed by atoms with van der Waals surface area (Å²) in [5.74, 6) is 0. The summed E-state index contributed by atoms with van der Waals surface area (Å²) in [6.45, 7) is 8.58. The first kappa shape index (κ1) is 22.8. The second-order valence-corrected chi connectivity index (χ2v) is 7.32. The van der Waals surface area contributed by atoms with E-state index in [0.717, 1.165) is 24.1 Å². The Hall–Kier alpha value is -2.45. The molecule has 0 aliphatic carbocycles. The van der Waals surface area contributed by atoms with E-state index in [9.17, 15) is 9.59 Å². The van der Waals surface area contributed by atoms with E-state index in [-0.39, 0.29) is 28.2 Å². The topological polar surface area (TPSA) is 66.3 Å². The van der Waals surface area contributed by atoms with Crippen molar-refractivity contribution in [2.45, 2.75) is 32.5 Å². The van der Waals surface area contributed by atoms with E-state index in [1.165, 1.54) is 22.1 Å². The highest BCUT2D eigenvalue weighted by Gasteiger charge is 2.19. The van der Waals surface area contributed by atoms with Gasteiger partial charge < -0.3 is 26.4 Å². The van der Waals surface area contributed by atoms with Crippen LogP contribution in [0.15, 0.2) is 58.9 Å². The standard InChI is InChI=1S/C21H27N5O2.BrH/c1-5-12-25(14-17-9-7-6-8-10-17)16(2)11-13-26-15-22-19-18(26)20(27)24(4)21(28)23(19)3;/h5-10,15-16H,1,11-14H2,2-4H3;1H. The van der Waals surface area contributed by atoms with E-state index >= 15 is 0 Å². The summed E-state index contributed by atoms with van der Waals surface area (Å²) in [6, 6.07) is 10.8. The van der Waals surface area contributed by atoms with Crippen molar-refractivity contribution < 1.29 is 21.9 Å². The number of hydrogen-bond donors (Lipinski definition) is 1. The van der Waals surface area contributed by atoms with Crippen molar-refractivity contribution in [3.05, 3.63) is 75.7 Å². The van der Waals surface area contributed by atoms with Crippen molar-refractivity contribution in [3.8, 4) is 0 Å². The molecule has 29 heavy (non-hydrogen) atoms. The summed E-state index contributed by atoms with van der Waals surface area (Å²) in [6.07, 6.45) is 4.49. The molecule has 7 nitrogen and oxygen atoms in total. The van der Waals surface area contributed by atoms with Crippen molar-refractivity contribution in [2.24, 2.45) is 14.1 Å².